The van der Waals surface area contributed by atoms with Gasteiger partial charge in [-0.05, 0) is 81.2 Å². The fourth-order valence-corrected chi connectivity index (χ4v) is 4.30. The minimum Gasteiger partial charge on any atom is -0.443 e. The largest absolute Gasteiger partial charge is 0.443 e. The van der Waals surface area contributed by atoms with Crippen LogP contribution >= 0.6 is 27.5 Å². The van der Waals surface area contributed by atoms with Crippen LogP contribution in [0, 0.1) is 0 Å². The predicted octanol–water partition coefficient (Wildman–Crippen LogP) is 6.03. The van der Waals surface area contributed by atoms with E-state index >= 15 is 0 Å². The number of hydrogen-bond acceptors (Lipinski definition) is 3. The molecular weight excluding hydrogens is 428 g/mol. The van der Waals surface area contributed by atoms with Crippen LogP contribution in [0.2, 0.25) is 5.02 Å². The highest BCUT2D eigenvalue weighted by molar-refractivity contribution is 9.10. The lowest BCUT2D eigenvalue weighted by molar-refractivity contribution is 0.0544. The first kappa shape index (κ1) is 20.4. The van der Waals surface area contributed by atoms with Crippen molar-refractivity contribution in [3.8, 4) is 0 Å². The van der Waals surface area contributed by atoms with E-state index in [1.807, 2.05) is 33.0 Å². The van der Waals surface area contributed by atoms with Crippen molar-refractivity contribution in [2.45, 2.75) is 52.2 Å². The number of hydrogen-bond donors (Lipinski definition) is 0. The molecule has 1 aliphatic heterocycles. The molecule has 1 aromatic heterocycles. The number of fused-ring (bicyclic) bond motifs is 1. The Morgan fingerprint density at radius 3 is 2.70 bits per heavy atom. The summed E-state index contributed by atoms with van der Waals surface area (Å²) in [5.74, 6) is 0. The molecule has 146 valence electrons. The number of nitrogens with zero attached hydrogens (tertiary/aromatic N) is 2. The van der Waals surface area contributed by atoms with Crippen LogP contribution in [0.1, 0.15) is 39.7 Å². The highest BCUT2D eigenvalue weighted by Gasteiger charge is 2.25. The van der Waals surface area contributed by atoms with Crippen LogP contribution in [0.15, 0.2) is 34.5 Å². The summed E-state index contributed by atoms with van der Waals surface area (Å²) in [4.78, 5) is 15.1. The Balaban J connectivity index is 2.04. The summed E-state index contributed by atoms with van der Waals surface area (Å²) in [7, 11) is 2.15. The van der Waals surface area contributed by atoms with E-state index in [4.69, 9.17) is 16.3 Å². The van der Waals surface area contributed by atoms with Crippen molar-refractivity contribution in [3.05, 3.63) is 45.0 Å². The van der Waals surface area contributed by atoms with Crippen LogP contribution in [0.25, 0.3) is 10.9 Å². The normalized spacial score (nSPS) is 18.6. The number of carbonyl (C=O) groups excluding carboxylic acids is 1. The Bertz CT molecular complexity index is 911. The Labute approximate surface area is 174 Å². The van der Waals surface area contributed by atoms with Crippen molar-refractivity contribution in [1.29, 1.82) is 0 Å². The number of rotatable bonds is 2. The van der Waals surface area contributed by atoms with E-state index < -0.39 is 5.60 Å². The number of benzene rings is 1. The molecule has 2 heterocycles. The monoisotopic (exact) mass is 452 g/mol. The van der Waals surface area contributed by atoms with Crippen LogP contribution in [-0.2, 0) is 11.2 Å². The molecule has 1 atom stereocenters. The molecule has 0 aliphatic carbocycles. The van der Waals surface area contributed by atoms with Crippen molar-refractivity contribution in [3.63, 3.8) is 0 Å². The Hall–Kier alpha value is -1.30. The topological polar surface area (TPSA) is 34.5 Å². The molecule has 3 rings (SSSR count). The van der Waals surface area contributed by atoms with E-state index in [0.29, 0.717) is 11.1 Å². The van der Waals surface area contributed by atoms with Gasteiger partial charge in [0.25, 0.3) is 0 Å². The summed E-state index contributed by atoms with van der Waals surface area (Å²) in [6.45, 7) is 8.75. The van der Waals surface area contributed by atoms with E-state index in [2.05, 4.69) is 40.9 Å². The molecule has 2 aromatic rings. The van der Waals surface area contributed by atoms with Crippen LogP contribution in [0.4, 0.5) is 4.79 Å². The zero-order valence-corrected chi connectivity index (χ0v) is 18.8. The van der Waals surface area contributed by atoms with E-state index in [1.165, 1.54) is 5.57 Å². The van der Waals surface area contributed by atoms with Gasteiger partial charge in [0.05, 0.1) is 10.5 Å². The maximum atomic E-state index is 12.8. The molecule has 0 radical (unpaired) electrons. The second-order valence-corrected chi connectivity index (χ2v) is 9.52. The summed E-state index contributed by atoms with van der Waals surface area (Å²) in [6.07, 6.45) is 5.67. The van der Waals surface area contributed by atoms with Gasteiger partial charge in [0.1, 0.15) is 5.60 Å². The van der Waals surface area contributed by atoms with E-state index in [0.717, 1.165) is 40.3 Å². The third-order valence-electron chi connectivity index (χ3n) is 4.84. The van der Waals surface area contributed by atoms with Crippen LogP contribution in [-0.4, -0.2) is 40.8 Å². The average molecular weight is 454 g/mol. The third kappa shape index (κ3) is 4.41. The average Bonchev–Trinajstić information content (AvgIpc) is 2.91. The second kappa shape index (κ2) is 7.61. The van der Waals surface area contributed by atoms with Crippen molar-refractivity contribution in [1.82, 2.24) is 9.47 Å². The molecule has 4 nitrogen and oxygen atoms in total. The zero-order valence-electron chi connectivity index (χ0n) is 16.5. The Kier molecular flexibility index (Phi) is 5.76. The number of carbonyl (C=O) groups is 1. The predicted molar refractivity (Wildman–Crippen MR) is 115 cm³/mol. The molecule has 0 amide bonds. The van der Waals surface area contributed by atoms with Gasteiger partial charge in [-0.25, -0.2) is 4.79 Å². The molecule has 0 fully saturated rings. The lowest BCUT2D eigenvalue weighted by Crippen LogP contribution is -2.37. The van der Waals surface area contributed by atoms with Crippen molar-refractivity contribution in [2.24, 2.45) is 0 Å². The van der Waals surface area contributed by atoms with Gasteiger partial charge in [0.2, 0.25) is 0 Å². The molecule has 0 unspecified atom stereocenters. The summed E-state index contributed by atoms with van der Waals surface area (Å²) >= 11 is 9.98. The minimum absolute atomic E-state index is 0.374. The van der Waals surface area contributed by atoms with E-state index in [-0.39, 0.29) is 6.09 Å². The van der Waals surface area contributed by atoms with Crippen molar-refractivity contribution < 1.29 is 9.53 Å². The third-order valence-corrected chi connectivity index (χ3v) is 6.21. The summed E-state index contributed by atoms with van der Waals surface area (Å²) in [5, 5.41) is 1.62. The standard InChI is InChI=1S/C21H26BrClN2O2/c1-13-6-7-15(24(5)11-13)10-14-12-25(20(26)27-21(2,3)4)17-9-8-16(23)19(22)18(14)17/h6,8-9,12,15H,7,10-11H2,1-5H3/t15-/m0/s1. The van der Waals surface area contributed by atoms with Gasteiger partial charge in [-0.1, -0.05) is 23.3 Å². The molecule has 0 spiro atoms. The summed E-state index contributed by atoms with van der Waals surface area (Å²) in [6, 6.07) is 4.07. The zero-order chi connectivity index (χ0) is 19.9. The smallest absolute Gasteiger partial charge is 0.419 e. The minimum atomic E-state index is -0.552. The number of halogens is 2. The summed E-state index contributed by atoms with van der Waals surface area (Å²) < 4.78 is 8.02. The highest BCUT2D eigenvalue weighted by atomic mass is 79.9. The first-order valence-corrected chi connectivity index (χ1v) is 10.3. The van der Waals surface area contributed by atoms with Crippen LogP contribution in [0.5, 0.6) is 0 Å². The second-order valence-electron chi connectivity index (χ2n) is 8.32. The van der Waals surface area contributed by atoms with Crippen LogP contribution in [0.3, 0.4) is 0 Å². The molecular formula is C21H26BrClN2O2. The van der Waals surface area contributed by atoms with E-state index in [9.17, 15) is 4.79 Å². The number of aromatic nitrogens is 1. The lowest BCUT2D eigenvalue weighted by Gasteiger charge is -2.31. The molecule has 0 N–H and O–H groups in total. The van der Waals surface area contributed by atoms with Gasteiger partial charge >= 0.3 is 6.09 Å². The number of likely N-dealkylation sites (N-methyl/N-ethyl adjacent to an activating group) is 1. The Morgan fingerprint density at radius 2 is 2.07 bits per heavy atom. The molecule has 1 aliphatic rings. The lowest BCUT2D eigenvalue weighted by atomic mass is 9.97. The molecule has 1 aromatic carbocycles. The van der Waals surface area contributed by atoms with E-state index in [1.54, 1.807) is 10.6 Å². The first-order chi connectivity index (χ1) is 12.6. The first-order valence-electron chi connectivity index (χ1n) is 9.14. The van der Waals surface area contributed by atoms with Gasteiger partial charge < -0.3 is 4.74 Å². The van der Waals surface area contributed by atoms with Gasteiger partial charge in [-0.2, -0.15) is 0 Å². The fraction of sp³-hybridized carbons (Fsp3) is 0.476. The molecule has 6 heteroatoms. The van der Waals surface area contributed by atoms with Crippen molar-refractivity contribution in [2.75, 3.05) is 13.6 Å². The molecule has 0 saturated carbocycles. The van der Waals surface area contributed by atoms with Gasteiger partial charge in [-0.3, -0.25) is 9.47 Å². The molecule has 0 bridgehead atoms. The Morgan fingerprint density at radius 1 is 1.37 bits per heavy atom. The van der Waals surface area contributed by atoms with Crippen molar-refractivity contribution >= 4 is 44.5 Å². The quantitative estimate of drug-likeness (QED) is 0.520. The van der Waals surface area contributed by atoms with Gasteiger partial charge in [0, 0.05) is 28.6 Å². The number of ether oxygens (including phenoxy) is 1. The van der Waals surface area contributed by atoms with Gasteiger partial charge in [-0.15, -0.1) is 0 Å². The van der Waals surface area contributed by atoms with Crippen LogP contribution < -0.4 is 0 Å². The maximum Gasteiger partial charge on any atom is 0.419 e. The van der Waals surface area contributed by atoms with Gasteiger partial charge in [0.15, 0.2) is 0 Å². The SMILES string of the molecule is CC1=CC[C@@H](Cc2cn(C(=O)OC(C)(C)C)c3ccc(Cl)c(Br)c23)N(C)C1. The summed E-state index contributed by atoms with van der Waals surface area (Å²) in [5.41, 5.74) is 2.74. The maximum absolute atomic E-state index is 12.8. The molecule has 27 heavy (non-hydrogen) atoms. The fourth-order valence-electron chi connectivity index (χ4n) is 3.55. The highest BCUT2D eigenvalue weighted by Crippen LogP contribution is 2.36. The molecule has 0 saturated heterocycles.